The van der Waals surface area contributed by atoms with Crippen molar-refractivity contribution in [2.24, 2.45) is 0 Å². The number of nitrogens with zero attached hydrogens (tertiary/aromatic N) is 1. The first-order chi connectivity index (χ1) is 9.31. The van der Waals surface area contributed by atoms with Gasteiger partial charge >= 0.3 is 0 Å². The van der Waals surface area contributed by atoms with Crippen LogP contribution in [-0.2, 0) is 4.79 Å². The zero-order valence-electron chi connectivity index (χ0n) is 11.7. The van der Waals surface area contributed by atoms with Crippen molar-refractivity contribution in [2.45, 2.75) is 45.1 Å². The minimum Gasteiger partial charge on any atom is -0.342 e. The van der Waals surface area contributed by atoms with Gasteiger partial charge in [-0.3, -0.25) is 4.79 Å². The Labute approximate surface area is 120 Å². The highest BCUT2D eigenvalue weighted by Gasteiger charge is 2.17. The maximum Gasteiger partial charge on any atom is 0.236 e. The van der Waals surface area contributed by atoms with E-state index >= 15 is 0 Å². The van der Waals surface area contributed by atoms with E-state index < -0.39 is 0 Å². The molecule has 1 fully saturated rings. The number of nitrogens with one attached hydrogen (secondary N) is 1. The average molecular weight is 280 g/mol. The number of carbonyl (C=O) groups is 1. The largest absolute Gasteiger partial charge is 0.342 e. The van der Waals surface area contributed by atoms with Crippen LogP contribution in [0.3, 0.4) is 0 Å². The Bertz CT molecular complexity index is 370. The maximum atomic E-state index is 12.2. The molecule has 1 saturated heterocycles. The SMILES string of the molecule is CCC(NCC(=O)N1CCCCCC1)c1cccs1. The summed E-state index contributed by atoms with van der Waals surface area (Å²) in [7, 11) is 0. The third-order valence-corrected chi connectivity index (χ3v) is 4.74. The summed E-state index contributed by atoms with van der Waals surface area (Å²) in [4.78, 5) is 15.6. The van der Waals surface area contributed by atoms with Gasteiger partial charge in [0.1, 0.15) is 0 Å². The molecular formula is C15H24N2OS. The average Bonchev–Trinajstić information content (AvgIpc) is 2.81. The monoisotopic (exact) mass is 280 g/mol. The molecule has 1 N–H and O–H groups in total. The van der Waals surface area contributed by atoms with Crippen LogP contribution < -0.4 is 5.32 Å². The van der Waals surface area contributed by atoms with Gasteiger partial charge < -0.3 is 10.2 Å². The van der Waals surface area contributed by atoms with E-state index in [4.69, 9.17) is 0 Å². The van der Waals surface area contributed by atoms with Crippen molar-refractivity contribution in [1.29, 1.82) is 0 Å². The fraction of sp³-hybridized carbons (Fsp3) is 0.667. The van der Waals surface area contributed by atoms with Gasteiger partial charge in [0, 0.05) is 24.0 Å². The molecule has 0 aliphatic carbocycles. The fourth-order valence-electron chi connectivity index (χ4n) is 2.58. The van der Waals surface area contributed by atoms with Crippen molar-refractivity contribution in [1.82, 2.24) is 10.2 Å². The molecule has 3 nitrogen and oxygen atoms in total. The Morgan fingerprint density at radius 1 is 1.37 bits per heavy atom. The smallest absolute Gasteiger partial charge is 0.236 e. The Kier molecular flexibility index (Phi) is 5.86. The lowest BCUT2D eigenvalue weighted by Crippen LogP contribution is -2.39. The van der Waals surface area contributed by atoms with Crippen molar-refractivity contribution in [3.05, 3.63) is 22.4 Å². The molecular weight excluding hydrogens is 256 g/mol. The predicted molar refractivity (Wildman–Crippen MR) is 80.4 cm³/mol. The molecule has 1 aliphatic heterocycles. The third kappa shape index (κ3) is 4.32. The number of hydrogen-bond donors (Lipinski definition) is 1. The Morgan fingerprint density at radius 2 is 2.11 bits per heavy atom. The van der Waals surface area contributed by atoms with E-state index in [1.807, 2.05) is 4.90 Å². The van der Waals surface area contributed by atoms with Crippen LogP contribution >= 0.6 is 11.3 Å². The quantitative estimate of drug-likeness (QED) is 0.898. The van der Waals surface area contributed by atoms with E-state index in [0.717, 1.165) is 32.4 Å². The zero-order valence-corrected chi connectivity index (χ0v) is 12.5. The van der Waals surface area contributed by atoms with Gasteiger partial charge in [0.25, 0.3) is 0 Å². The van der Waals surface area contributed by atoms with Crippen LogP contribution in [0.2, 0.25) is 0 Å². The van der Waals surface area contributed by atoms with Crippen molar-refractivity contribution in [2.75, 3.05) is 19.6 Å². The second-order valence-corrected chi connectivity index (χ2v) is 6.13. The van der Waals surface area contributed by atoms with Gasteiger partial charge in [-0.2, -0.15) is 0 Å². The summed E-state index contributed by atoms with van der Waals surface area (Å²) in [5.41, 5.74) is 0. The van der Waals surface area contributed by atoms with Crippen molar-refractivity contribution in [3.63, 3.8) is 0 Å². The summed E-state index contributed by atoms with van der Waals surface area (Å²) in [5, 5.41) is 5.50. The molecule has 0 bridgehead atoms. The van der Waals surface area contributed by atoms with Crippen molar-refractivity contribution >= 4 is 17.2 Å². The number of hydrogen-bond acceptors (Lipinski definition) is 3. The highest BCUT2D eigenvalue weighted by molar-refractivity contribution is 7.10. The number of rotatable bonds is 5. The van der Waals surface area contributed by atoms with Crippen LogP contribution in [0.5, 0.6) is 0 Å². The number of thiophene rings is 1. The van der Waals surface area contributed by atoms with Gasteiger partial charge in [-0.1, -0.05) is 25.8 Å². The molecule has 106 valence electrons. The molecule has 4 heteroatoms. The van der Waals surface area contributed by atoms with Crippen LogP contribution in [0.15, 0.2) is 17.5 Å². The molecule has 1 amide bonds. The van der Waals surface area contributed by atoms with E-state index in [-0.39, 0.29) is 5.91 Å². The van der Waals surface area contributed by atoms with Crippen LogP contribution in [-0.4, -0.2) is 30.4 Å². The van der Waals surface area contributed by atoms with Gasteiger partial charge in [-0.25, -0.2) is 0 Å². The first-order valence-corrected chi connectivity index (χ1v) is 8.23. The summed E-state index contributed by atoms with van der Waals surface area (Å²) >= 11 is 1.76. The molecule has 0 spiro atoms. The predicted octanol–water partition coefficient (Wildman–Crippen LogP) is 3.19. The summed E-state index contributed by atoms with van der Waals surface area (Å²) in [5.74, 6) is 0.261. The molecule has 1 aliphatic rings. The maximum absolute atomic E-state index is 12.2. The normalized spacial score (nSPS) is 18.1. The van der Waals surface area contributed by atoms with Gasteiger partial charge in [0.05, 0.1) is 6.54 Å². The molecule has 1 atom stereocenters. The molecule has 1 unspecified atom stereocenters. The third-order valence-electron chi connectivity index (χ3n) is 3.75. The minimum atomic E-state index is 0.261. The van der Waals surface area contributed by atoms with Crippen LogP contribution in [0.25, 0.3) is 0 Å². The van der Waals surface area contributed by atoms with Crippen LogP contribution in [0.4, 0.5) is 0 Å². The molecule has 0 saturated carbocycles. The second kappa shape index (κ2) is 7.65. The van der Waals surface area contributed by atoms with Gasteiger partial charge in [-0.05, 0) is 30.7 Å². The molecule has 2 heterocycles. The molecule has 1 aromatic rings. The van der Waals surface area contributed by atoms with E-state index in [1.54, 1.807) is 11.3 Å². The van der Waals surface area contributed by atoms with E-state index in [1.165, 1.54) is 17.7 Å². The summed E-state index contributed by atoms with van der Waals surface area (Å²) < 4.78 is 0. The van der Waals surface area contributed by atoms with Crippen LogP contribution in [0, 0.1) is 0 Å². The van der Waals surface area contributed by atoms with Gasteiger partial charge in [0.15, 0.2) is 0 Å². The summed E-state index contributed by atoms with van der Waals surface area (Å²) in [6.45, 7) is 4.51. The second-order valence-electron chi connectivity index (χ2n) is 5.15. The molecule has 0 radical (unpaired) electrons. The molecule has 1 aromatic heterocycles. The topological polar surface area (TPSA) is 32.3 Å². The highest BCUT2D eigenvalue weighted by Crippen LogP contribution is 2.21. The molecule has 19 heavy (non-hydrogen) atoms. The van der Waals surface area contributed by atoms with E-state index in [9.17, 15) is 4.79 Å². The first kappa shape index (κ1) is 14.5. The summed E-state index contributed by atoms with van der Waals surface area (Å²) in [6, 6.07) is 4.53. The van der Waals surface area contributed by atoms with Crippen molar-refractivity contribution < 1.29 is 4.79 Å². The van der Waals surface area contributed by atoms with Crippen LogP contribution in [0.1, 0.15) is 49.9 Å². The van der Waals surface area contributed by atoms with Crippen molar-refractivity contribution in [3.8, 4) is 0 Å². The molecule has 0 aromatic carbocycles. The molecule has 2 rings (SSSR count). The summed E-state index contributed by atoms with van der Waals surface area (Å²) in [6.07, 6.45) is 5.88. The lowest BCUT2D eigenvalue weighted by molar-refractivity contribution is -0.130. The Hall–Kier alpha value is -0.870. The van der Waals surface area contributed by atoms with E-state index in [0.29, 0.717) is 12.6 Å². The lowest BCUT2D eigenvalue weighted by Gasteiger charge is -2.22. The Morgan fingerprint density at radius 3 is 2.68 bits per heavy atom. The minimum absolute atomic E-state index is 0.261. The first-order valence-electron chi connectivity index (χ1n) is 7.36. The zero-order chi connectivity index (χ0) is 13.5. The van der Waals surface area contributed by atoms with Gasteiger partial charge in [-0.15, -0.1) is 11.3 Å². The standard InChI is InChI=1S/C15H24N2OS/c1-2-13(14-8-7-11-19-14)16-12-15(18)17-9-5-3-4-6-10-17/h7-8,11,13,16H,2-6,9-10,12H2,1H3. The fourth-order valence-corrected chi connectivity index (χ4v) is 3.46. The lowest BCUT2D eigenvalue weighted by atomic mass is 10.2. The Balaban J connectivity index is 1.81. The number of amides is 1. The van der Waals surface area contributed by atoms with E-state index in [2.05, 4.69) is 29.8 Å². The van der Waals surface area contributed by atoms with Gasteiger partial charge in [0.2, 0.25) is 5.91 Å². The number of carbonyl (C=O) groups excluding carboxylic acids is 1. The number of likely N-dealkylation sites (tertiary alicyclic amines) is 1. The highest BCUT2D eigenvalue weighted by atomic mass is 32.1.